The lowest BCUT2D eigenvalue weighted by atomic mass is 9.89. The van der Waals surface area contributed by atoms with Crippen LogP contribution >= 0.6 is 0 Å². The molecule has 1 aliphatic rings. The van der Waals surface area contributed by atoms with Crippen molar-refractivity contribution in [2.24, 2.45) is 4.99 Å². The van der Waals surface area contributed by atoms with Crippen molar-refractivity contribution in [3.63, 3.8) is 0 Å². The van der Waals surface area contributed by atoms with Gasteiger partial charge in [0, 0.05) is 18.7 Å². The number of rotatable bonds is 9. The first kappa shape index (κ1) is 24.3. The normalized spacial score (nSPS) is 15.0. The van der Waals surface area contributed by atoms with Crippen molar-refractivity contribution in [2.75, 3.05) is 19.0 Å². The zero-order valence-corrected chi connectivity index (χ0v) is 19.8. The number of amides is 1. The monoisotopic (exact) mass is 473 g/mol. The zero-order valence-electron chi connectivity index (χ0n) is 19.8. The highest BCUT2D eigenvalue weighted by molar-refractivity contribution is 6.24. The molecule has 4 rings (SSSR count). The maximum Gasteiger partial charge on any atom is 0.306 e. The average molecular weight is 474 g/mol. The van der Waals surface area contributed by atoms with Crippen LogP contribution in [-0.4, -0.2) is 31.2 Å². The summed E-state index contributed by atoms with van der Waals surface area (Å²) < 4.78 is 18.9. The van der Waals surface area contributed by atoms with Crippen LogP contribution in [0.1, 0.15) is 41.5 Å². The van der Waals surface area contributed by atoms with E-state index in [-0.39, 0.29) is 18.3 Å². The molecule has 0 aliphatic carbocycles. The number of carbonyl (C=O) groups excluding carboxylic acids is 2. The first-order valence-electron chi connectivity index (χ1n) is 11.7. The summed E-state index contributed by atoms with van der Waals surface area (Å²) in [6.07, 6.45) is 0.778. The third-order valence-corrected chi connectivity index (χ3v) is 5.83. The van der Waals surface area contributed by atoms with Crippen LogP contribution < -0.4 is 10.6 Å². The topological polar surface area (TPSA) is 79.8 Å². The fourth-order valence-electron chi connectivity index (χ4n) is 4.20. The van der Waals surface area contributed by atoms with Crippen molar-refractivity contribution in [1.29, 1.82) is 0 Å². The van der Waals surface area contributed by atoms with Crippen LogP contribution in [0.3, 0.4) is 0 Å². The minimum absolute atomic E-state index is 0.250. The van der Waals surface area contributed by atoms with Gasteiger partial charge in [0.2, 0.25) is 5.91 Å². The predicted octanol–water partition coefficient (Wildman–Crippen LogP) is 4.90. The number of carbonyl (C=O) groups is 2. The number of hydrogen-bond donors (Lipinski definition) is 2. The Kier molecular flexibility index (Phi) is 7.67. The summed E-state index contributed by atoms with van der Waals surface area (Å²) >= 11 is 0. The van der Waals surface area contributed by atoms with Gasteiger partial charge >= 0.3 is 5.97 Å². The van der Waals surface area contributed by atoms with Crippen LogP contribution in [0.2, 0.25) is 0 Å². The molecule has 35 heavy (non-hydrogen) atoms. The molecule has 3 aromatic carbocycles. The fourth-order valence-corrected chi connectivity index (χ4v) is 4.20. The Morgan fingerprint density at radius 2 is 1.89 bits per heavy atom. The molecule has 1 unspecified atom stereocenters. The number of nitrogens with zero attached hydrogens (tertiary/aromatic N) is 1. The molecule has 0 saturated carbocycles. The average Bonchev–Trinajstić information content (AvgIpc) is 3.17. The summed E-state index contributed by atoms with van der Waals surface area (Å²) in [5.74, 6) is -1.61. The number of benzene rings is 3. The third-order valence-electron chi connectivity index (χ3n) is 5.83. The second-order valence-electron chi connectivity index (χ2n) is 8.35. The van der Waals surface area contributed by atoms with E-state index in [1.54, 1.807) is 13.0 Å². The van der Waals surface area contributed by atoms with E-state index in [0.29, 0.717) is 35.7 Å². The van der Waals surface area contributed by atoms with E-state index in [0.717, 1.165) is 23.2 Å². The summed E-state index contributed by atoms with van der Waals surface area (Å²) in [4.78, 5) is 29.8. The van der Waals surface area contributed by atoms with Gasteiger partial charge < -0.3 is 15.4 Å². The smallest absolute Gasteiger partial charge is 0.306 e. The summed E-state index contributed by atoms with van der Waals surface area (Å²) in [5.41, 5.74) is 5.23. The Bertz CT molecular complexity index is 1250. The van der Waals surface area contributed by atoms with Gasteiger partial charge in [0.15, 0.2) is 0 Å². The first-order chi connectivity index (χ1) is 17.0. The number of esters is 1. The van der Waals surface area contributed by atoms with Gasteiger partial charge in [-0.15, -0.1) is 0 Å². The highest BCUT2D eigenvalue weighted by atomic mass is 19.1. The number of nitrogens with one attached hydrogen (secondary N) is 2. The van der Waals surface area contributed by atoms with Gasteiger partial charge in [-0.3, -0.25) is 14.6 Å². The zero-order chi connectivity index (χ0) is 24.8. The number of ether oxygens (including phenoxy) is 1. The van der Waals surface area contributed by atoms with Crippen LogP contribution in [0.25, 0.3) is 0 Å². The lowest BCUT2D eigenvalue weighted by Gasteiger charge is -2.15. The molecule has 2 N–H and O–H groups in total. The van der Waals surface area contributed by atoms with Gasteiger partial charge in [-0.1, -0.05) is 36.4 Å². The van der Waals surface area contributed by atoms with E-state index in [2.05, 4.69) is 10.6 Å². The van der Waals surface area contributed by atoms with Crippen molar-refractivity contribution >= 4 is 29.0 Å². The van der Waals surface area contributed by atoms with E-state index < -0.39 is 11.7 Å². The molecule has 6 nitrogen and oxygen atoms in total. The van der Waals surface area contributed by atoms with Gasteiger partial charge in [0.1, 0.15) is 11.7 Å². The number of aryl methyl sites for hydroxylation is 1. The van der Waals surface area contributed by atoms with Gasteiger partial charge in [-0.05, 0) is 73.0 Å². The maximum absolute atomic E-state index is 13.8. The Labute approximate surface area is 204 Å². The number of fused-ring (bicyclic) bond motifs is 1. The van der Waals surface area contributed by atoms with Crippen molar-refractivity contribution in [3.05, 3.63) is 94.8 Å². The van der Waals surface area contributed by atoms with E-state index in [4.69, 9.17) is 9.73 Å². The first-order valence-corrected chi connectivity index (χ1v) is 11.7. The van der Waals surface area contributed by atoms with Gasteiger partial charge in [0.25, 0.3) is 0 Å². The lowest BCUT2D eigenvalue weighted by molar-refractivity contribution is -0.143. The number of halogens is 1. The summed E-state index contributed by atoms with van der Waals surface area (Å²) in [7, 11) is 1.89. The van der Waals surface area contributed by atoms with Gasteiger partial charge in [0.05, 0.1) is 18.0 Å². The molecule has 0 bridgehead atoms. The van der Waals surface area contributed by atoms with E-state index in [1.807, 2.05) is 55.6 Å². The number of aliphatic imine (C=N–C) groups is 1. The van der Waals surface area contributed by atoms with Crippen LogP contribution in [0, 0.1) is 5.82 Å². The molecule has 7 heteroatoms. The van der Waals surface area contributed by atoms with Crippen molar-refractivity contribution in [3.8, 4) is 0 Å². The molecule has 0 saturated heterocycles. The highest BCUT2D eigenvalue weighted by Crippen LogP contribution is 2.37. The second kappa shape index (κ2) is 11.1. The third kappa shape index (κ3) is 5.81. The summed E-state index contributed by atoms with van der Waals surface area (Å²) in [6, 6.07) is 19.8. The van der Waals surface area contributed by atoms with Gasteiger partial charge in [-0.2, -0.15) is 0 Å². The lowest BCUT2D eigenvalue weighted by Crippen LogP contribution is -2.22. The largest absolute Gasteiger partial charge is 0.466 e. The Balaban J connectivity index is 1.74. The SMILES string of the molecule is CCOC(=O)CCc1cccc(C(=Nc2ccc(CNC)cc2)C2C(=O)Nc3cc(F)ccc32)c1. The summed E-state index contributed by atoms with van der Waals surface area (Å²) in [6.45, 7) is 2.87. The van der Waals surface area contributed by atoms with E-state index in [1.165, 1.54) is 12.1 Å². The van der Waals surface area contributed by atoms with Crippen molar-refractivity contribution in [1.82, 2.24) is 5.32 Å². The highest BCUT2D eigenvalue weighted by Gasteiger charge is 2.35. The molecule has 0 fully saturated rings. The molecule has 180 valence electrons. The molecule has 0 aromatic heterocycles. The molecular weight excluding hydrogens is 445 g/mol. The molecule has 0 spiro atoms. The summed E-state index contributed by atoms with van der Waals surface area (Å²) in [5, 5.41) is 5.91. The standard InChI is InChI=1S/C28H28FN3O3/c1-3-35-25(33)14-9-18-5-4-6-20(15-18)27(31-22-11-7-19(8-12-22)17-30-2)26-23-13-10-21(29)16-24(23)32-28(26)34/h4-8,10-13,15-16,26,30H,3,9,14,17H2,1-2H3,(H,32,34). The minimum Gasteiger partial charge on any atom is -0.466 e. The van der Waals surface area contributed by atoms with Crippen molar-refractivity contribution in [2.45, 2.75) is 32.2 Å². The molecule has 1 atom stereocenters. The molecule has 1 heterocycles. The van der Waals surface area contributed by atoms with Crippen LogP contribution in [-0.2, 0) is 27.3 Å². The quantitative estimate of drug-likeness (QED) is 0.342. The van der Waals surface area contributed by atoms with E-state index in [9.17, 15) is 14.0 Å². The molecule has 0 radical (unpaired) electrons. The molecule has 1 aliphatic heterocycles. The fraction of sp³-hybridized carbons (Fsp3) is 0.250. The number of anilines is 1. The van der Waals surface area contributed by atoms with Crippen LogP contribution in [0.15, 0.2) is 71.7 Å². The van der Waals surface area contributed by atoms with E-state index >= 15 is 0 Å². The molecule has 3 aromatic rings. The van der Waals surface area contributed by atoms with Crippen LogP contribution in [0.4, 0.5) is 15.8 Å². The van der Waals surface area contributed by atoms with Gasteiger partial charge in [-0.25, -0.2) is 4.39 Å². The minimum atomic E-state index is -0.692. The van der Waals surface area contributed by atoms with Crippen LogP contribution in [0.5, 0.6) is 0 Å². The Morgan fingerprint density at radius 1 is 1.09 bits per heavy atom. The molecule has 1 amide bonds. The van der Waals surface area contributed by atoms with Crippen molar-refractivity contribution < 1.29 is 18.7 Å². The predicted molar refractivity (Wildman–Crippen MR) is 135 cm³/mol. The second-order valence-corrected chi connectivity index (χ2v) is 8.35. The Hall–Kier alpha value is -3.84. The maximum atomic E-state index is 13.8. The Morgan fingerprint density at radius 3 is 2.63 bits per heavy atom. The number of hydrogen-bond acceptors (Lipinski definition) is 5. The molecular formula is C28H28FN3O3.